The van der Waals surface area contributed by atoms with Gasteiger partial charge in [-0.3, -0.25) is 4.79 Å². The van der Waals surface area contributed by atoms with Gasteiger partial charge in [0.25, 0.3) is 0 Å². The van der Waals surface area contributed by atoms with Gasteiger partial charge in [0.05, 0.1) is 0 Å². The van der Waals surface area contributed by atoms with Gasteiger partial charge in [-0.2, -0.15) is 8.42 Å². The van der Waals surface area contributed by atoms with Crippen molar-refractivity contribution in [3.8, 4) is 0 Å². The largest absolute Gasteiger partial charge is 0.332 e. The molecule has 18 heavy (non-hydrogen) atoms. The highest BCUT2D eigenvalue weighted by Crippen LogP contribution is 2.36. The van der Waals surface area contributed by atoms with E-state index in [1.807, 2.05) is 6.92 Å². The molecule has 0 saturated heterocycles. The van der Waals surface area contributed by atoms with Crippen LogP contribution in [-0.4, -0.2) is 20.9 Å². The fourth-order valence-electron chi connectivity index (χ4n) is 2.25. The first-order chi connectivity index (χ1) is 8.30. The van der Waals surface area contributed by atoms with E-state index in [9.17, 15) is 17.1 Å². The Balaban J connectivity index is 2.60. The molecule has 0 fully saturated rings. The summed E-state index contributed by atoms with van der Waals surface area (Å²) in [6.07, 6.45) is 0.814. The molecule has 0 spiro atoms. The smallest absolute Gasteiger partial charge is 0.312 e. The number of hydrogen-bond donors (Lipinski definition) is 0. The second-order valence-electron chi connectivity index (χ2n) is 4.52. The highest BCUT2D eigenvalue weighted by atomic mass is 32.3. The number of anilines is 1. The number of benzene rings is 1. The van der Waals surface area contributed by atoms with Gasteiger partial charge in [-0.25, -0.2) is 0 Å². The molecule has 0 N–H and O–H groups in total. The number of carbonyl (C=O) groups is 1. The van der Waals surface area contributed by atoms with Crippen LogP contribution in [0, 0.1) is 0 Å². The molecule has 4 nitrogen and oxygen atoms in total. The van der Waals surface area contributed by atoms with Crippen molar-refractivity contribution in [2.24, 2.45) is 0 Å². The van der Waals surface area contributed by atoms with Gasteiger partial charge in [0, 0.05) is 19.2 Å². The summed E-state index contributed by atoms with van der Waals surface area (Å²) >= 11 is 0. The molecule has 1 unspecified atom stereocenters. The molecule has 0 bridgehead atoms. The zero-order valence-electron chi connectivity index (χ0n) is 10.2. The van der Waals surface area contributed by atoms with E-state index in [-0.39, 0.29) is 11.8 Å². The third-order valence-electron chi connectivity index (χ3n) is 3.27. The Morgan fingerprint density at radius 3 is 2.67 bits per heavy atom. The molecule has 1 aromatic carbocycles. The zero-order chi connectivity index (χ0) is 13.5. The summed E-state index contributed by atoms with van der Waals surface area (Å²) in [5.74, 6) is 0.0588. The molecular formula is C12H14FNO3S. The number of rotatable bonds is 1. The van der Waals surface area contributed by atoms with Gasteiger partial charge in [0.2, 0.25) is 5.91 Å². The van der Waals surface area contributed by atoms with Crippen LogP contribution in [0.25, 0.3) is 0 Å². The van der Waals surface area contributed by atoms with Gasteiger partial charge < -0.3 is 4.90 Å². The van der Waals surface area contributed by atoms with Crippen molar-refractivity contribution in [2.45, 2.75) is 31.1 Å². The number of halogens is 1. The molecule has 1 aliphatic rings. The van der Waals surface area contributed by atoms with Crippen LogP contribution in [0.5, 0.6) is 0 Å². The monoisotopic (exact) mass is 271 g/mol. The Labute approximate surface area is 106 Å². The molecular weight excluding hydrogens is 257 g/mol. The number of hydrogen-bond acceptors (Lipinski definition) is 3. The van der Waals surface area contributed by atoms with Crippen molar-refractivity contribution < 1.29 is 17.1 Å². The predicted octanol–water partition coefficient (Wildman–Crippen LogP) is 2.20. The predicted molar refractivity (Wildman–Crippen MR) is 65.8 cm³/mol. The maximum absolute atomic E-state index is 13.0. The van der Waals surface area contributed by atoms with Crippen molar-refractivity contribution in [3.63, 3.8) is 0 Å². The van der Waals surface area contributed by atoms with E-state index in [2.05, 4.69) is 0 Å². The lowest BCUT2D eigenvalue weighted by molar-refractivity contribution is -0.116. The minimum absolute atomic E-state index is 0.170. The molecule has 0 saturated carbocycles. The highest BCUT2D eigenvalue weighted by Gasteiger charge is 2.26. The molecule has 1 atom stereocenters. The summed E-state index contributed by atoms with van der Waals surface area (Å²) in [6.45, 7) is 3.94. The molecule has 1 aliphatic heterocycles. The fourth-order valence-corrected chi connectivity index (χ4v) is 2.73. The lowest BCUT2D eigenvalue weighted by atomic mass is 9.91. The lowest BCUT2D eigenvalue weighted by Crippen LogP contribution is -2.34. The Hall–Kier alpha value is -1.43. The average molecular weight is 271 g/mol. The highest BCUT2D eigenvalue weighted by molar-refractivity contribution is 7.86. The maximum atomic E-state index is 13.0. The zero-order valence-corrected chi connectivity index (χ0v) is 11.0. The second-order valence-corrected chi connectivity index (χ2v) is 5.87. The van der Waals surface area contributed by atoms with Gasteiger partial charge in [-0.05, 0) is 30.0 Å². The molecule has 2 rings (SSSR count). The topological polar surface area (TPSA) is 54.5 Å². The number of fused-ring (bicyclic) bond motifs is 1. The van der Waals surface area contributed by atoms with Crippen LogP contribution in [0.15, 0.2) is 23.1 Å². The average Bonchev–Trinajstić information content (AvgIpc) is 2.27. The Kier molecular flexibility index (Phi) is 3.14. The van der Waals surface area contributed by atoms with Gasteiger partial charge in [-0.1, -0.05) is 13.0 Å². The summed E-state index contributed by atoms with van der Waals surface area (Å²) < 4.78 is 34.8. The van der Waals surface area contributed by atoms with Crippen LogP contribution >= 0.6 is 0 Å². The summed E-state index contributed by atoms with van der Waals surface area (Å²) in [5.41, 5.74) is 1.38. The Morgan fingerprint density at radius 1 is 1.44 bits per heavy atom. The minimum atomic E-state index is -4.74. The van der Waals surface area contributed by atoms with E-state index in [0.717, 1.165) is 12.0 Å². The van der Waals surface area contributed by atoms with Crippen LogP contribution in [0.3, 0.4) is 0 Å². The summed E-state index contributed by atoms with van der Waals surface area (Å²) in [6, 6.07) is 4.07. The van der Waals surface area contributed by atoms with Gasteiger partial charge in [-0.15, -0.1) is 3.89 Å². The van der Waals surface area contributed by atoms with E-state index in [0.29, 0.717) is 12.2 Å². The third kappa shape index (κ3) is 2.25. The lowest BCUT2D eigenvalue weighted by Gasteiger charge is -2.32. The van der Waals surface area contributed by atoms with E-state index < -0.39 is 15.1 Å². The second kappa shape index (κ2) is 4.35. The van der Waals surface area contributed by atoms with Crippen LogP contribution in [-0.2, 0) is 15.0 Å². The van der Waals surface area contributed by atoms with E-state index in [1.54, 1.807) is 6.07 Å². The summed E-state index contributed by atoms with van der Waals surface area (Å²) in [7, 11) is -4.74. The van der Waals surface area contributed by atoms with Crippen molar-refractivity contribution >= 4 is 21.8 Å². The first-order valence-corrected chi connectivity index (χ1v) is 7.06. The number of amides is 1. The van der Waals surface area contributed by atoms with Crippen LogP contribution < -0.4 is 4.90 Å². The van der Waals surface area contributed by atoms with Crippen LogP contribution in [0.2, 0.25) is 0 Å². The summed E-state index contributed by atoms with van der Waals surface area (Å²) in [5, 5.41) is 0. The van der Waals surface area contributed by atoms with Crippen molar-refractivity contribution in [1.82, 2.24) is 0 Å². The van der Waals surface area contributed by atoms with Crippen LogP contribution in [0.1, 0.15) is 31.7 Å². The molecule has 1 aromatic rings. The Bertz CT molecular complexity index is 597. The number of carbonyl (C=O) groups excluding carboxylic acids is 1. The molecule has 0 aliphatic carbocycles. The van der Waals surface area contributed by atoms with Crippen molar-refractivity contribution in [3.05, 3.63) is 23.8 Å². The fraction of sp³-hybridized carbons (Fsp3) is 0.417. The van der Waals surface area contributed by atoms with E-state index >= 15 is 0 Å². The molecule has 98 valence electrons. The molecule has 6 heteroatoms. The van der Waals surface area contributed by atoms with Crippen molar-refractivity contribution in [2.75, 3.05) is 11.4 Å². The normalized spacial score (nSPS) is 19.5. The molecule has 0 radical (unpaired) electrons. The van der Waals surface area contributed by atoms with E-state index in [1.165, 1.54) is 24.0 Å². The molecule has 0 aromatic heterocycles. The van der Waals surface area contributed by atoms with Gasteiger partial charge in [0.1, 0.15) is 4.90 Å². The Morgan fingerprint density at radius 2 is 2.11 bits per heavy atom. The standard InChI is InChI=1S/C12H14FNO3S/c1-8-5-6-14(9(2)15)12-7-10(18(13,16)17)3-4-11(8)12/h3-4,7-8H,5-6H2,1-2H3. The molecule has 1 heterocycles. The summed E-state index contributed by atoms with van der Waals surface area (Å²) in [4.78, 5) is 12.6. The first-order valence-electron chi connectivity index (χ1n) is 5.67. The SMILES string of the molecule is CC(=O)N1CCC(C)c2ccc(S(=O)(=O)F)cc21. The van der Waals surface area contributed by atoms with Crippen LogP contribution in [0.4, 0.5) is 9.57 Å². The minimum Gasteiger partial charge on any atom is -0.312 e. The van der Waals surface area contributed by atoms with Gasteiger partial charge in [0.15, 0.2) is 0 Å². The molecule has 1 amide bonds. The first kappa shape index (κ1) is 13.0. The van der Waals surface area contributed by atoms with Crippen molar-refractivity contribution in [1.29, 1.82) is 0 Å². The number of nitrogens with zero attached hydrogens (tertiary/aromatic N) is 1. The quantitative estimate of drug-likeness (QED) is 0.736. The van der Waals surface area contributed by atoms with E-state index in [4.69, 9.17) is 0 Å². The maximum Gasteiger partial charge on any atom is 0.332 e. The van der Waals surface area contributed by atoms with Gasteiger partial charge >= 0.3 is 10.2 Å². The third-order valence-corrected chi connectivity index (χ3v) is 4.09.